The van der Waals surface area contributed by atoms with Gasteiger partial charge >= 0.3 is 0 Å². The zero-order valence-corrected chi connectivity index (χ0v) is 22.6. The highest BCUT2D eigenvalue weighted by molar-refractivity contribution is 7.92. The van der Waals surface area contributed by atoms with E-state index in [2.05, 4.69) is 5.32 Å². The summed E-state index contributed by atoms with van der Waals surface area (Å²) in [5.41, 5.74) is 1.75. The number of halogens is 2. The van der Waals surface area contributed by atoms with Gasteiger partial charge in [-0.3, -0.25) is 13.9 Å². The third-order valence-electron chi connectivity index (χ3n) is 6.11. The molecule has 37 heavy (non-hydrogen) atoms. The number of anilines is 1. The Kier molecular flexibility index (Phi) is 8.94. The minimum atomic E-state index is -4.22. The van der Waals surface area contributed by atoms with Gasteiger partial charge in [-0.1, -0.05) is 53.6 Å². The number of rotatable bonds is 9. The Morgan fingerprint density at radius 1 is 1.00 bits per heavy atom. The van der Waals surface area contributed by atoms with Crippen LogP contribution in [0, 0.1) is 19.7 Å². The van der Waals surface area contributed by atoms with E-state index in [-0.39, 0.29) is 22.7 Å². The summed E-state index contributed by atoms with van der Waals surface area (Å²) in [5, 5.41) is 2.82. The first-order valence-electron chi connectivity index (χ1n) is 11.6. The van der Waals surface area contributed by atoms with Crippen LogP contribution in [0.25, 0.3) is 0 Å². The quantitative estimate of drug-likeness (QED) is 0.430. The van der Waals surface area contributed by atoms with E-state index in [9.17, 15) is 22.4 Å². The summed E-state index contributed by atoms with van der Waals surface area (Å²) in [6, 6.07) is 15.9. The lowest BCUT2D eigenvalue weighted by Gasteiger charge is -2.32. The summed E-state index contributed by atoms with van der Waals surface area (Å²) < 4.78 is 43.1. The highest BCUT2D eigenvalue weighted by atomic mass is 35.5. The molecule has 0 heterocycles. The van der Waals surface area contributed by atoms with Gasteiger partial charge in [0.25, 0.3) is 10.0 Å². The molecule has 0 unspecified atom stereocenters. The molecule has 0 aromatic heterocycles. The lowest BCUT2D eigenvalue weighted by molar-refractivity contribution is -0.139. The molecule has 0 saturated carbocycles. The molecule has 10 heteroatoms. The average molecular weight is 546 g/mol. The number of nitrogens with one attached hydrogen (secondary N) is 1. The van der Waals surface area contributed by atoms with E-state index in [1.54, 1.807) is 43.3 Å². The summed E-state index contributed by atoms with van der Waals surface area (Å²) >= 11 is 6.30. The molecule has 0 radical (unpaired) electrons. The molecular weight excluding hydrogens is 517 g/mol. The van der Waals surface area contributed by atoms with Crippen molar-refractivity contribution in [3.63, 3.8) is 0 Å². The molecule has 3 rings (SSSR count). The predicted octanol–water partition coefficient (Wildman–Crippen LogP) is 4.45. The Morgan fingerprint density at radius 2 is 1.65 bits per heavy atom. The number of nitrogens with zero attached hydrogens (tertiary/aromatic N) is 2. The van der Waals surface area contributed by atoms with Crippen LogP contribution in [0.15, 0.2) is 71.6 Å². The first-order valence-corrected chi connectivity index (χ1v) is 13.4. The molecule has 0 aliphatic carbocycles. The van der Waals surface area contributed by atoms with E-state index in [1.165, 1.54) is 44.3 Å². The van der Waals surface area contributed by atoms with Crippen molar-refractivity contribution in [2.45, 2.75) is 38.3 Å². The maximum Gasteiger partial charge on any atom is 0.264 e. The van der Waals surface area contributed by atoms with Gasteiger partial charge in [-0.25, -0.2) is 12.8 Å². The second kappa shape index (κ2) is 11.7. The fraction of sp³-hybridized carbons (Fsp3) is 0.259. The zero-order valence-electron chi connectivity index (χ0n) is 21.0. The lowest BCUT2D eigenvalue weighted by Crippen LogP contribution is -2.51. The van der Waals surface area contributed by atoms with E-state index < -0.39 is 40.2 Å². The van der Waals surface area contributed by atoms with Crippen molar-refractivity contribution in [2.24, 2.45) is 0 Å². The number of carbonyl (C=O) groups is 2. The Morgan fingerprint density at radius 3 is 2.27 bits per heavy atom. The van der Waals surface area contributed by atoms with Crippen molar-refractivity contribution in [3.05, 3.63) is 94.3 Å². The number of hydrogen-bond donors (Lipinski definition) is 1. The van der Waals surface area contributed by atoms with E-state index in [1.807, 2.05) is 6.92 Å². The van der Waals surface area contributed by atoms with Gasteiger partial charge in [-0.05, 0) is 56.7 Å². The third kappa shape index (κ3) is 6.29. The van der Waals surface area contributed by atoms with E-state index >= 15 is 0 Å². The molecule has 0 saturated heterocycles. The standard InChI is InChI=1S/C27H29ClFN3O4S/c1-18-12-14-22(15-13-18)37(35,36)32(25-11-7-9-23(28)19(25)2)17-26(33)31(20(3)27(34)30-4)16-21-8-5-6-10-24(21)29/h5-15,20H,16-17H2,1-4H3,(H,30,34)/t20-/m1/s1. The van der Waals surface area contributed by atoms with E-state index in [4.69, 9.17) is 11.6 Å². The largest absolute Gasteiger partial charge is 0.357 e. The van der Waals surface area contributed by atoms with Crippen molar-refractivity contribution in [1.82, 2.24) is 10.2 Å². The van der Waals surface area contributed by atoms with Gasteiger partial charge in [0.05, 0.1) is 10.6 Å². The first-order chi connectivity index (χ1) is 17.5. The molecular formula is C27H29ClFN3O4S. The van der Waals surface area contributed by atoms with Crippen molar-refractivity contribution in [1.29, 1.82) is 0 Å². The van der Waals surface area contributed by atoms with Crippen LogP contribution < -0.4 is 9.62 Å². The monoisotopic (exact) mass is 545 g/mol. The van der Waals surface area contributed by atoms with Crippen LogP contribution in [0.3, 0.4) is 0 Å². The van der Waals surface area contributed by atoms with Crippen molar-refractivity contribution < 1.29 is 22.4 Å². The molecule has 196 valence electrons. The van der Waals surface area contributed by atoms with Crippen LogP contribution in [0.1, 0.15) is 23.6 Å². The van der Waals surface area contributed by atoms with E-state index in [0.29, 0.717) is 10.6 Å². The maximum atomic E-state index is 14.5. The summed E-state index contributed by atoms with van der Waals surface area (Å²) in [6.07, 6.45) is 0. The molecule has 2 amide bonds. The highest BCUT2D eigenvalue weighted by Crippen LogP contribution is 2.31. The average Bonchev–Trinajstić information content (AvgIpc) is 2.87. The molecule has 0 aliphatic heterocycles. The Balaban J connectivity index is 2.09. The molecule has 1 atom stereocenters. The third-order valence-corrected chi connectivity index (χ3v) is 8.29. The zero-order chi connectivity index (χ0) is 27.3. The Hall–Kier alpha value is -3.43. The van der Waals surface area contributed by atoms with Crippen molar-refractivity contribution in [2.75, 3.05) is 17.9 Å². The Bertz CT molecular complexity index is 1400. The summed E-state index contributed by atoms with van der Waals surface area (Å²) in [5.74, 6) is -1.70. The van der Waals surface area contributed by atoms with Crippen LogP contribution in [0.4, 0.5) is 10.1 Å². The van der Waals surface area contributed by atoms with Gasteiger partial charge in [0.2, 0.25) is 11.8 Å². The maximum absolute atomic E-state index is 14.5. The molecule has 7 nitrogen and oxygen atoms in total. The predicted molar refractivity (Wildman–Crippen MR) is 142 cm³/mol. The number of likely N-dealkylation sites (N-methyl/N-ethyl adjacent to an activating group) is 1. The first kappa shape index (κ1) is 28.1. The normalized spacial score (nSPS) is 12.1. The van der Waals surface area contributed by atoms with Crippen LogP contribution in [-0.2, 0) is 26.2 Å². The number of carbonyl (C=O) groups excluding carboxylic acids is 2. The Labute approximate surface area is 221 Å². The second-order valence-corrected chi connectivity index (χ2v) is 10.9. The van der Waals surface area contributed by atoms with Crippen molar-refractivity contribution >= 4 is 39.1 Å². The smallest absolute Gasteiger partial charge is 0.264 e. The molecule has 3 aromatic rings. The molecule has 0 spiro atoms. The minimum Gasteiger partial charge on any atom is -0.357 e. The number of amides is 2. The van der Waals surface area contributed by atoms with Gasteiger partial charge in [-0.15, -0.1) is 0 Å². The van der Waals surface area contributed by atoms with Crippen LogP contribution in [0.5, 0.6) is 0 Å². The number of benzene rings is 3. The van der Waals surface area contributed by atoms with Crippen molar-refractivity contribution in [3.8, 4) is 0 Å². The van der Waals surface area contributed by atoms with Gasteiger partial charge in [0, 0.05) is 24.2 Å². The topological polar surface area (TPSA) is 86.8 Å². The van der Waals surface area contributed by atoms with Gasteiger partial charge < -0.3 is 10.2 Å². The highest BCUT2D eigenvalue weighted by Gasteiger charge is 2.33. The molecule has 3 aromatic carbocycles. The fourth-order valence-electron chi connectivity index (χ4n) is 3.82. The fourth-order valence-corrected chi connectivity index (χ4v) is 5.46. The molecule has 0 aliphatic rings. The molecule has 1 N–H and O–H groups in total. The minimum absolute atomic E-state index is 0.00900. The van der Waals surface area contributed by atoms with Crippen LogP contribution >= 0.6 is 11.6 Å². The summed E-state index contributed by atoms with van der Waals surface area (Å²) in [6.45, 7) is 4.13. The summed E-state index contributed by atoms with van der Waals surface area (Å²) in [4.78, 5) is 27.4. The molecule has 0 fully saturated rings. The van der Waals surface area contributed by atoms with Gasteiger partial charge in [0.1, 0.15) is 18.4 Å². The van der Waals surface area contributed by atoms with Crippen LogP contribution in [0.2, 0.25) is 5.02 Å². The van der Waals surface area contributed by atoms with Gasteiger partial charge in [0.15, 0.2) is 0 Å². The second-order valence-electron chi connectivity index (χ2n) is 8.61. The molecule has 0 bridgehead atoms. The SMILES string of the molecule is CNC(=O)[C@@H](C)N(Cc1ccccc1F)C(=O)CN(c1cccc(Cl)c1C)S(=O)(=O)c1ccc(C)cc1. The number of sulfonamides is 1. The number of aryl methyl sites for hydroxylation is 1. The lowest BCUT2D eigenvalue weighted by atomic mass is 10.1. The van der Waals surface area contributed by atoms with Crippen LogP contribution in [-0.4, -0.2) is 44.8 Å². The number of hydrogen-bond acceptors (Lipinski definition) is 4. The van der Waals surface area contributed by atoms with Gasteiger partial charge in [-0.2, -0.15) is 0 Å². The van der Waals surface area contributed by atoms with E-state index in [0.717, 1.165) is 14.8 Å². The summed E-state index contributed by atoms with van der Waals surface area (Å²) in [7, 11) is -2.79.